The van der Waals surface area contributed by atoms with Crippen molar-refractivity contribution in [1.29, 1.82) is 5.26 Å². The second-order valence-electron chi connectivity index (χ2n) is 4.98. The molecule has 0 spiro atoms. The molecule has 0 bridgehead atoms. The van der Waals surface area contributed by atoms with Crippen LogP contribution < -0.4 is 10.6 Å². The second-order valence-corrected chi connectivity index (χ2v) is 4.98. The summed E-state index contributed by atoms with van der Waals surface area (Å²) in [6.07, 6.45) is -0.609. The van der Waals surface area contributed by atoms with Gasteiger partial charge in [0.05, 0.1) is 18.2 Å². The topological polar surface area (TPSA) is 100 Å². The van der Waals surface area contributed by atoms with Crippen molar-refractivity contribution in [3.63, 3.8) is 0 Å². The molecule has 0 aromatic heterocycles. The van der Waals surface area contributed by atoms with Gasteiger partial charge in [-0.1, -0.05) is 12.1 Å². The summed E-state index contributed by atoms with van der Waals surface area (Å²) >= 11 is 0. The molecule has 7 heteroatoms. The lowest BCUT2D eigenvalue weighted by Gasteiger charge is -2.09. The van der Waals surface area contributed by atoms with Crippen molar-refractivity contribution in [1.82, 2.24) is 0 Å². The van der Waals surface area contributed by atoms with Gasteiger partial charge in [-0.15, -0.1) is 0 Å². The van der Waals surface area contributed by atoms with E-state index in [1.807, 2.05) is 6.07 Å². The van der Waals surface area contributed by atoms with Crippen LogP contribution in [0.5, 0.6) is 0 Å². The zero-order chi connectivity index (χ0) is 18.1. The van der Waals surface area contributed by atoms with Crippen LogP contribution in [-0.2, 0) is 9.47 Å². The lowest BCUT2D eigenvalue weighted by atomic mass is 10.1. The number of hydrogen-bond acceptors (Lipinski definition) is 5. The summed E-state index contributed by atoms with van der Waals surface area (Å²) in [4.78, 5) is 23.8. The van der Waals surface area contributed by atoms with Crippen molar-refractivity contribution in [2.45, 2.75) is 0 Å². The number of ether oxygens (including phenoxy) is 2. The van der Waals surface area contributed by atoms with Crippen LogP contribution in [0.2, 0.25) is 0 Å². The fourth-order valence-corrected chi connectivity index (χ4v) is 1.98. The fraction of sp³-hybridized carbons (Fsp3) is 0.167. The molecule has 128 valence electrons. The highest BCUT2D eigenvalue weighted by atomic mass is 16.6. The van der Waals surface area contributed by atoms with E-state index in [0.29, 0.717) is 29.1 Å². The first-order valence-corrected chi connectivity index (χ1v) is 7.46. The van der Waals surface area contributed by atoms with Gasteiger partial charge < -0.3 is 14.8 Å². The fourth-order valence-electron chi connectivity index (χ4n) is 1.98. The lowest BCUT2D eigenvalue weighted by Crippen LogP contribution is -2.17. The number of anilines is 2. The summed E-state index contributed by atoms with van der Waals surface area (Å²) in [6.45, 7) is 0.458. The van der Waals surface area contributed by atoms with Crippen LogP contribution in [0.1, 0.15) is 15.9 Å². The minimum Gasteiger partial charge on any atom is -0.447 e. The Morgan fingerprint density at radius 2 is 1.76 bits per heavy atom. The molecule has 2 aromatic rings. The van der Waals surface area contributed by atoms with Crippen molar-refractivity contribution in [3.05, 3.63) is 59.7 Å². The minimum absolute atomic E-state index is 0.147. The summed E-state index contributed by atoms with van der Waals surface area (Å²) in [5.41, 5.74) is 1.76. The molecule has 0 unspecified atom stereocenters. The molecule has 0 fully saturated rings. The van der Waals surface area contributed by atoms with Gasteiger partial charge in [0.1, 0.15) is 6.61 Å². The van der Waals surface area contributed by atoms with Gasteiger partial charge in [-0.2, -0.15) is 5.26 Å². The van der Waals surface area contributed by atoms with Crippen LogP contribution >= 0.6 is 0 Å². The molecule has 2 amide bonds. The van der Waals surface area contributed by atoms with Gasteiger partial charge in [-0.25, -0.2) is 4.79 Å². The average molecular weight is 339 g/mol. The Kier molecular flexibility index (Phi) is 6.51. The molecule has 0 radical (unpaired) electrons. The van der Waals surface area contributed by atoms with E-state index in [4.69, 9.17) is 14.7 Å². The van der Waals surface area contributed by atoms with Gasteiger partial charge in [0.15, 0.2) is 0 Å². The van der Waals surface area contributed by atoms with E-state index >= 15 is 0 Å². The maximum absolute atomic E-state index is 12.2. The SMILES string of the molecule is COCCOC(=O)Nc1cccc(NC(=O)c2cccc(C#N)c2)c1. The van der Waals surface area contributed by atoms with Gasteiger partial charge in [-0.3, -0.25) is 10.1 Å². The molecule has 0 saturated carbocycles. The smallest absolute Gasteiger partial charge is 0.411 e. The summed E-state index contributed by atoms with van der Waals surface area (Å²) in [6, 6.07) is 15.0. The maximum Gasteiger partial charge on any atom is 0.411 e. The number of hydrogen-bond donors (Lipinski definition) is 2. The molecule has 0 aliphatic rings. The van der Waals surface area contributed by atoms with E-state index in [1.165, 1.54) is 13.2 Å². The van der Waals surface area contributed by atoms with Crippen LogP contribution in [0, 0.1) is 11.3 Å². The summed E-state index contributed by atoms with van der Waals surface area (Å²) in [7, 11) is 1.51. The van der Waals surface area contributed by atoms with E-state index in [9.17, 15) is 9.59 Å². The minimum atomic E-state index is -0.609. The van der Waals surface area contributed by atoms with Gasteiger partial charge >= 0.3 is 6.09 Å². The molecular formula is C18H17N3O4. The van der Waals surface area contributed by atoms with E-state index in [1.54, 1.807) is 42.5 Å². The van der Waals surface area contributed by atoms with Crippen molar-refractivity contribution >= 4 is 23.4 Å². The van der Waals surface area contributed by atoms with Crippen LogP contribution in [0.4, 0.5) is 16.2 Å². The highest BCUT2D eigenvalue weighted by Gasteiger charge is 2.08. The lowest BCUT2D eigenvalue weighted by molar-refractivity contribution is 0.102. The number of carbonyl (C=O) groups excluding carboxylic acids is 2. The van der Waals surface area contributed by atoms with Gasteiger partial charge in [0.25, 0.3) is 5.91 Å². The molecule has 25 heavy (non-hydrogen) atoms. The van der Waals surface area contributed by atoms with Crippen molar-refractivity contribution in [3.8, 4) is 6.07 Å². The zero-order valence-electron chi connectivity index (χ0n) is 13.6. The molecule has 0 saturated heterocycles. The third-order valence-corrected chi connectivity index (χ3v) is 3.14. The third kappa shape index (κ3) is 5.64. The monoisotopic (exact) mass is 339 g/mol. The first-order valence-electron chi connectivity index (χ1n) is 7.46. The third-order valence-electron chi connectivity index (χ3n) is 3.14. The highest BCUT2D eigenvalue weighted by Crippen LogP contribution is 2.16. The number of benzene rings is 2. The number of methoxy groups -OCH3 is 1. The van der Waals surface area contributed by atoms with E-state index in [0.717, 1.165) is 0 Å². The molecule has 2 rings (SSSR count). The molecular weight excluding hydrogens is 322 g/mol. The van der Waals surface area contributed by atoms with Crippen molar-refractivity contribution < 1.29 is 19.1 Å². The molecule has 2 N–H and O–H groups in total. The quantitative estimate of drug-likeness (QED) is 0.788. The molecule has 0 atom stereocenters. The van der Waals surface area contributed by atoms with Crippen molar-refractivity contribution in [2.75, 3.05) is 31.0 Å². The summed E-state index contributed by atoms with van der Waals surface area (Å²) in [5.74, 6) is -0.350. The first-order chi connectivity index (χ1) is 12.1. The molecule has 0 heterocycles. The Labute approximate surface area is 145 Å². The molecule has 0 aliphatic heterocycles. The van der Waals surface area contributed by atoms with Crippen LogP contribution in [0.25, 0.3) is 0 Å². The summed E-state index contributed by atoms with van der Waals surface area (Å²) < 4.78 is 9.70. The Morgan fingerprint density at radius 1 is 1.04 bits per heavy atom. The van der Waals surface area contributed by atoms with E-state index < -0.39 is 6.09 Å². The standard InChI is InChI=1S/C18H17N3O4/c1-24-8-9-25-18(23)21-16-7-3-6-15(11-16)20-17(22)14-5-2-4-13(10-14)12-19/h2-7,10-11H,8-9H2,1H3,(H,20,22)(H,21,23). The Hall–Kier alpha value is -3.37. The summed E-state index contributed by atoms with van der Waals surface area (Å²) in [5, 5.41) is 14.2. The molecule has 7 nitrogen and oxygen atoms in total. The van der Waals surface area contributed by atoms with Crippen LogP contribution in [-0.4, -0.2) is 32.3 Å². The number of nitrogens with one attached hydrogen (secondary N) is 2. The van der Waals surface area contributed by atoms with Crippen LogP contribution in [0.3, 0.4) is 0 Å². The van der Waals surface area contributed by atoms with Gasteiger partial charge in [0, 0.05) is 24.0 Å². The largest absolute Gasteiger partial charge is 0.447 e. The Balaban J connectivity index is 2.00. The van der Waals surface area contributed by atoms with E-state index in [2.05, 4.69) is 10.6 Å². The second kappa shape index (κ2) is 9.05. The van der Waals surface area contributed by atoms with Gasteiger partial charge in [0.2, 0.25) is 0 Å². The molecule has 2 aromatic carbocycles. The number of rotatable bonds is 6. The zero-order valence-corrected chi connectivity index (χ0v) is 13.6. The average Bonchev–Trinajstić information content (AvgIpc) is 2.62. The number of amides is 2. The normalized spacial score (nSPS) is 9.76. The van der Waals surface area contributed by atoms with E-state index in [-0.39, 0.29) is 12.5 Å². The van der Waals surface area contributed by atoms with Gasteiger partial charge in [-0.05, 0) is 36.4 Å². The predicted octanol–water partition coefficient (Wildman–Crippen LogP) is 3.01. The number of nitriles is 1. The first kappa shape index (κ1) is 18.0. The number of nitrogens with zero attached hydrogens (tertiary/aromatic N) is 1. The molecule has 0 aliphatic carbocycles. The Morgan fingerprint density at radius 3 is 2.48 bits per heavy atom. The maximum atomic E-state index is 12.2. The number of carbonyl (C=O) groups is 2. The van der Waals surface area contributed by atoms with Crippen LogP contribution in [0.15, 0.2) is 48.5 Å². The van der Waals surface area contributed by atoms with Crippen molar-refractivity contribution in [2.24, 2.45) is 0 Å². The Bertz CT molecular complexity index is 799. The predicted molar refractivity (Wildman–Crippen MR) is 92.4 cm³/mol. The highest BCUT2D eigenvalue weighted by molar-refractivity contribution is 6.04.